The third kappa shape index (κ3) is 3.29. The van der Waals surface area contributed by atoms with Crippen LogP contribution in [0.1, 0.15) is 0 Å². The molecule has 20 heavy (non-hydrogen) atoms. The van der Waals surface area contributed by atoms with E-state index >= 15 is 0 Å². The summed E-state index contributed by atoms with van der Waals surface area (Å²) < 4.78 is 42.1. The summed E-state index contributed by atoms with van der Waals surface area (Å²) in [5, 5.41) is 0. The van der Waals surface area contributed by atoms with E-state index < -0.39 is 10.0 Å². The molecule has 1 saturated heterocycles. The molecule has 112 valence electrons. The minimum absolute atomic E-state index is 0.245. The monoisotopic (exact) mass is 301 g/mol. The molecular formula is C13H19NO5S. The van der Waals surface area contributed by atoms with Crippen molar-refractivity contribution in [3.8, 4) is 5.75 Å². The quantitative estimate of drug-likeness (QED) is 0.820. The van der Waals surface area contributed by atoms with E-state index in [0.29, 0.717) is 32.1 Å². The van der Waals surface area contributed by atoms with E-state index in [0.717, 1.165) is 0 Å². The van der Waals surface area contributed by atoms with Crippen LogP contribution in [0, 0.1) is 0 Å². The topological polar surface area (TPSA) is 65.1 Å². The first-order chi connectivity index (χ1) is 9.57. The van der Waals surface area contributed by atoms with E-state index in [2.05, 4.69) is 0 Å². The van der Waals surface area contributed by atoms with E-state index in [4.69, 9.17) is 14.2 Å². The van der Waals surface area contributed by atoms with Crippen LogP contribution >= 0.6 is 0 Å². The van der Waals surface area contributed by atoms with Gasteiger partial charge < -0.3 is 14.2 Å². The Hall–Kier alpha value is -1.15. The summed E-state index contributed by atoms with van der Waals surface area (Å²) in [5.41, 5.74) is 0. The third-order valence-corrected chi connectivity index (χ3v) is 5.11. The maximum absolute atomic E-state index is 12.6. The van der Waals surface area contributed by atoms with Crippen molar-refractivity contribution in [2.75, 3.05) is 40.5 Å². The van der Waals surface area contributed by atoms with Crippen molar-refractivity contribution in [2.45, 2.75) is 11.0 Å². The Kier molecular flexibility index (Phi) is 4.98. The average Bonchev–Trinajstić information content (AvgIpc) is 2.73. The van der Waals surface area contributed by atoms with Gasteiger partial charge in [-0.3, -0.25) is 0 Å². The summed E-state index contributed by atoms with van der Waals surface area (Å²) >= 11 is 0. The van der Waals surface area contributed by atoms with Crippen molar-refractivity contribution in [2.24, 2.45) is 0 Å². The Morgan fingerprint density at radius 3 is 2.55 bits per heavy atom. The molecule has 0 spiro atoms. The molecule has 1 heterocycles. The predicted molar refractivity (Wildman–Crippen MR) is 73.4 cm³/mol. The molecule has 0 bridgehead atoms. The highest BCUT2D eigenvalue weighted by atomic mass is 32.2. The number of hydrogen-bond acceptors (Lipinski definition) is 5. The van der Waals surface area contributed by atoms with Crippen LogP contribution in [-0.4, -0.2) is 59.3 Å². The maximum Gasteiger partial charge on any atom is 0.243 e. The van der Waals surface area contributed by atoms with Crippen molar-refractivity contribution in [3.63, 3.8) is 0 Å². The van der Waals surface area contributed by atoms with Crippen molar-refractivity contribution >= 4 is 10.0 Å². The van der Waals surface area contributed by atoms with Gasteiger partial charge in [0.05, 0.1) is 31.3 Å². The lowest BCUT2D eigenvalue weighted by atomic mass is 10.3. The molecule has 0 unspecified atom stereocenters. The standard InChI is InChI=1S/C13H19NO5S/c1-17-11-3-5-13(6-4-11)20(15,16)14-7-8-19-10-12(9-14)18-2/h3-6,12H,7-10H2,1-2H3/t12-/m1/s1. The van der Waals surface area contributed by atoms with Crippen molar-refractivity contribution in [1.29, 1.82) is 0 Å². The van der Waals surface area contributed by atoms with Crippen molar-refractivity contribution in [1.82, 2.24) is 4.31 Å². The molecule has 0 N–H and O–H groups in total. The van der Waals surface area contributed by atoms with Gasteiger partial charge in [-0.05, 0) is 24.3 Å². The lowest BCUT2D eigenvalue weighted by Gasteiger charge is -2.22. The minimum atomic E-state index is -3.54. The molecule has 1 aliphatic heterocycles. The van der Waals surface area contributed by atoms with Crippen LogP contribution in [0.4, 0.5) is 0 Å². The molecule has 2 rings (SSSR count). The van der Waals surface area contributed by atoms with Crippen molar-refractivity contribution in [3.05, 3.63) is 24.3 Å². The summed E-state index contributed by atoms with van der Waals surface area (Å²) in [5.74, 6) is 0.623. The molecule has 0 amide bonds. The highest BCUT2D eigenvalue weighted by Crippen LogP contribution is 2.20. The lowest BCUT2D eigenvalue weighted by molar-refractivity contribution is 0.0259. The molecule has 6 nitrogen and oxygen atoms in total. The van der Waals surface area contributed by atoms with Crippen LogP contribution in [0.5, 0.6) is 5.75 Å². The van der Waals surface area contributed by atoms with Gasteiger partial charge in [0.1, 0.15) is 5.75 Å². The summed E-state index contributed by atoms with van der Waals surface area (Å²) in [4.78, 5) is 0.245. The molecule has 7 heteroatoms. The van der Waals surface area contributed by atoms with Crippen LogP contribution in [-0.2, 0) is 19.5 Å². The predicted octanol–water partition coefficient (Wildman–Crippen LogP) is 0.731. The number of ether oxygens (including phenoxy) is 3. The first-order valence-corrected chi connectivity index (χ1v) is 7.76. The normalized spacial score (nSPS) is 21.4. The van der Waals surface area contributed by atoms with Crippen LogP contribution in [0.3, 0.4) is 0 Å². The van der Waals surface area contributed by atoms with Crippen molar-refractivity contribution < 1.29 is 22.6 Å². The number of nitrogens with zero attached hydrogens (tertiary/aromatic N) is 1. The highest BCUT2D eigenvalue weighted by molar-refractivity contribution is 7.89. The van der Waals surface area contributed by atoms with Crippen LogP contribution in [0.25, 0.3) is 0 Å². The molecule has 1 fully saturated rings. The number of hydrogen-bond donors (Lipinski definition) is 0. The second kappa shape index (κ2) is 6.53. The van der Waals surface area contributed by atoms with Gasteiger partial charge in [-0.1, -0.05) is 0 Å². The molecule has 1 atom stereocenters. The molecule has 0 aromatic heterocycles. The van der Waals surface area contributed by atoms with E-state index in [1.165, 1.54) is 4.31 Å². The van der Waals surface area contributed by atoms with Gasteiger partial charge in [-0.15, -0.1) is 0 Å². The second-order valence-corrected chi connectivity index (χ2v) is 6.41. The average molecular weight is 301 g/mol. The zero-order chi connectivity index (χ0) is 14.6. The third-order valence-electron chi connectivity index (χ3n) is 3.23. The SMILES string of the molecule is COc1ccc(S(=O)(=O)N2CCOC[C@H](OC)C2)cc1. The Bertz CT molecular complexity index is 528. The summed E-state index contributed by atoms with van der Waals surface area (Å²) in [6.07, 6.45) is -0.245. The van der Waals surface area contributed by atoms with Gasteiger partial charge in [0, 0.05) is 20.2 Å². The van der Waals surface area contributed by atoms with E-state index in [9.17, 15) is 8.42 Å². The molecule has 0 radical (unpaired) electrons. The molecule has 0 saturated carbocycles. The van der Waals surface area contributed by atoms with Gasteiger partial charge in [0.15, 0.2) is 0 Å². The smallest absolute Gasteiger partial charge is 0.243 e. The van der Waals surface area contributed by atoms with Gasteiger partial charge in [-0.2, -0.15) is 4.31 Å². The Morgan fingerprint density at radius 2 is 1.95 bits per heavy atom. The van der Waals surface area contributed by atoms with Gasteiger partial charge in [0.25, 0.3) is 0 Å². The molecular weight excluding hydrogens is 282 g/mol. The van der Waals surface area contributed by atoms with Gasteiger partial charge >= 0.3 is 0 Å². The van der Waals surface area contributed by atoms with Gasteiger partial charge in [0.2, 0.25) is 10.0 Å². The first-order valence-electron chi connectivity index (χ1n) is 6.32. The largest absolute Gasteiger partial charge is 0.497 e. The first kappa shape index (κ1) is 15.2. The van der Waals surface area contributed by atoms with E-state index in [1.54, 1.807) is 38.5 Å². The zero-order valence-corrected chi connectivity index (χ0v) is 12.4. The summed E-state index contributed by atoms with van der Waals surface area (Å²) in [7, 11) is -0.442. The number of benzene rings is 1. The Balaban J connectivity index is 2.23. The zero-order valence-electron chi connectivity index (χ0n) is 11.6. The lowest BCUT2D eigenvalue weighted by Crippen LogP contribution is -2.38. The molecule has 1 aromatic carbocycles. The second-order valence-electron chi connectivity index (χ2n) is 4.47. The van der Waals surface area contributed by atoms with Gasteiger partial charge in [-0.25, -0.2) is 8.42 Å². The number of methoxy groups -OCH3 is 2. The van der Waals surface area contributed by atoms with E-state index in [1.807, 2.05) is 0 Å². The fraction of sp³-hybridized carbons (Fsp3) is 0.538. The van der Waals surface area contributed by atoms with Crippen LogP contribution in [0.2, 0.25) is 0 Å². The van der Waals surface area contributed by atoms with E-state index in [-0.39, 0.29) is 11.0 Å². The fourth-order valence-corrected chi connectivity index (χ4v) is 3.47. The highest BCUT2D eigenvalue weighted by Gasteiger charge is 2.29. The molecule has 1 aromatic rings. The van der Waals surface area contributed by atoms with Crippen LogP contribution in [0.15, 0.2) is 29.2 Å². The summed E-state index contributed by atoms with van der Waals surface area (Å²) in [6, 6.07) is 6.35. The molecule has 0 aliphatic carbocycles. The fourth-order valence-electron chi connectivity index (χ4n) is 2.01. The minimum Gasteiger partial charge on any atom is -0.497 e. The maximum atomic E-state index is 12.6. The number of sulfonamides is 1. The van der Waals surface area contributed by atoms with Crippen LogP contribution < -0.4 is 4.74 Å². The summed E-state index contributed by atoms with van der Waals surface area (Å²) in [6.45, 7) is 1.40. The number of rotatable bonds is 4. The Morgan fingerprint density at radius 1 is 1.25 bits per heavy atom. The Labute approximate surface area is 119 Å². The molecule has 1 aliphatic rings.